The second kappa shape index (κ2) is 11.2. The Hall–Kier alpha value is -3.30. The predicted octanol–water partition coefficient (Wildman–Crippen LogP) is 5.78. The van der Waals surface area contributed by atoms with E-state index >= 15 is 0 Å². The number of methoxy groups -OCH3 is 1. The summed E-state index contributed by atoms with van der Waals surface area (Å²) in [6.45, 7) is 6.74. The van der Waals surface area contributed by atoms with Crippen molar-refractivity contribution in [2.45, 2.75) is 27.2 Å². The molecule has 10 heteroatoms. The second-order valence-electron chi connectivity index (χ2n) is 8.61. The molecule has 188 valence electrons. The number of aliphatic imine (C=N–C) groups is 1. The van der Waals surface area contributed by atoms with Gasteiger partial charge in [-0.25, -0.2) is 0 Å². The average molecular weight is 527 g/mol. The highest BCUT2D eigenvalue weighted by atomic mass is 35.5. The number of nitrogens with one attached hydrogen (secondary N) is 1. The Labute approximate surface area is 219 Å². The van der Waals surface area contributed by atoms with Crippen LogP contribution in [0.4, 0.5) is 0 Å². The summed E-state index contributed by atoms with van der Waals surface area (Å²) in [5.74, 6) is 1.45. The first-order chi connectivity index (χ1) is 17.3. The van der Waals surface area contributed by atoms with Crippen LogP contribution in [0.5, 0.6) is 17.2 Å². The molecule has 2 heterocycles. The smallest absolute Gasteiger partial charge is 0.283 e. The van der Waals surface area contributed by atoms with Crippen LogP contribution < -0.4 is 14.2 Å². The Morgan fingerprint density at radius 2 is 1.92 bits per heavy atom. The van der Waals surface area contributed by atoms with Gasteiger partial charge in [-0.2, -0.15) is 15.1 Å². The Bertz CT molecular complexity index is 1290. The molecule has 36 heavy (non-hydrogen) atoms. The molecule has 0 fully saturated rings. The first-order valence-corrected chi connectivity index (χ1v) is 12.6. The van der Waals surface area contributed by atoms with E-state index in [0.717, 1.165) is 22.8 Å². The number of carbonyl (C=O) groups is 1. The van der Waals surface area contributed by atoms with Crippen LogP contribution in [-0.4, -0.2) is 47.3 Å². The monoisotopic (exact) mass is 526 g/mol. The van der Waals surface area contributed by atoms with Crippen molar-refractivity contribution in [3.8, 4) is 17.2 Å². The van der Waals surface area contributed by atoms with Crippen LogP contribution in [0.15, 0.2) is 52.1 Å². The average Bonchev–Trinajstić information content (AvgIpc) is 3.22. The number of fused-ring (bicyclic) bond motifs is 1. The molecule has 8 nitrogen and oxygen atoms in total. The normalized spacial score (nSPS) is 16.3. The SMILES string of the molecule is COc1cc(/C=C2/C(=N)N3N=C(CC(C)C)SC3=NC2=O)cc(Cl)c1OCCOc1ccccc1C. The largest absolute Gasteiger partial charge is 0.493 e. The number of ether oxygens (including phenoxy) is 3. The van der Waals surface area contributed by atoms with E-state index in [4.69, 9.17) is 31.2 Å². The van der Waals surface area contributed by atoms with Crippen molar-refractivity contribution in [3.63, 3.8) is 0 Å². The molecule has 2 aromatic rings. The number of nitrogens with zero attached hydrogens (tertiary/aromatic N) is 3. The minimum absolute atomic E-state index is 0.0278. The molecule has 1 N–H and O–H groups in total. The summed E-state index contributed by atoms with van der Waals surface area (Å²) in [7, 11) is 1.51. The van der Waals surface area contributed by atoms with E-state index in [1.807, 2.05) is 31.2 Å². The van der Waals surface area contributed by atoms with E-state index in [-0.39, 0.29) is 18.0 Å². The topological polar surface area (TPSA) is 96.6 Å². The minimum Gasteiger partial charge on any atom is -0.493 e. The van der Waals surface area contributed by atoms with E-state index in [1.54, 1.807) is 18.2 Å². The molecular formula is C26H27ClN4O4S. The number of aryl methyl sites for hydroxylation is 1. The lowest BCUT2D eigenvalue weighted by molar-refractivity contribution is -0.114. The number of amidine groups is 2. The molecule has 0 saturated carbocycles. The molecule has 0 radical (unpaired) electrons. The van der Waals surface area contributed by atoms with Crippen LogP contribution in [0.3, 0.4) is 0 Å². The molecule has 0 atom stereocenters. The lowest BCUT2D eigenvalue weighted by Crippen LogP contribution is -2.35. The minimum atomic E-state index is -0.497. The molecule has 0 aromatic heterocycles. The first kappa shape index (κ1) is 25.8. The maximum atomic E-state index is 12.7. The molecule has 2 aliphatic rings. The zero-order valence-electron chi connectivity index (χ0n) is 20.5. The zero-order valence-corrected chi connectivity index (χ0v) is 22.1. The zero-order chi connectivity index (χ0) is 25.8. The van der Waals surface area contributed by atoms with Gasteiger partial charge in [-0.05, 0) is 60.0 Å². The summed E-state index contributed by atoms with van der Waals surface area (Å²) in [4.78, 5) is 16.8. The summed E-state index contributed by atoms with van der Waals surface area (Å²) in [6.07, 6.45) is 2.32. The highest BCUT2D eigenvalue weighted by molar-refractivity contribution is 8.26. The molecule has 4 rings (SSSR count). The molecule has 2 aromatic carbocycles. The Morgan fingerprint density at radius 3 is 2.64 bits per heavy atom. The van der Waals surface area contributed by atoms with Crippen LogP contribution in [0.1, 0.15) is 31.4 Å². The van der Waals surface area contributed by atoms with Crippen LogP contribution in [-0.2, 0) is 4.79 Å². The number of rotatable bonds is 9. The third-order valence-electron chi connectivity index (χ3n) is 5.32. The van der Waals surface area contributed by atoms with Crippen LogP contribution in [0.25, 0.3) is 6.08 Å². The van der Waals surface area contributed by atoms with Gasteiger partial charge in [-0.15, -0.1) is 0 Å². The molecule has 1 amide bonds. The van der Waals surface area contributed by atoms with E-state index < -0.39 is 5.91 Å². The maximum Gasteiger partial charge on any atom is 0.283 e. The lowest BCUT2D eigenvalue weighted by Gasteiger charge is -2.20. The molecule has 0 spiro atoms. The second-order valence-corrected chi connectivity index (χ2v) is 10.1. The molecular weight excluding hydrogens is 500 g/mol. The lowest BCUT2D eigenvalue weighted by atomic mass is 10.1. The number of amides is 1. The van der Waals surface area contributed by atoms with Gasteiger partial charge in [-0.1, -0.05) is 43.6 Å². The predicted molar refractivity (Wildman–Crippen MR) is 145 cm³/mol. The van der Waals surface area contributed by atoms with Crippen molar-refractivity contribution in [1.29, 1.82) is 5.41 Å². The van der Waals surface area contributed by atoms with Crippen molar-refractivity contribution in [3.05, 3.63) is 58.1 Å². The fourth-order valence-electron chi connectivity index (χ4n) is 3.61. The van der Waals surface area contributed by atoms with Crippen LogP contribution in [0, 0.1) is 18.3 Å². The fraction of sp³-hybridized carbons (Fsp3) is 0.308. The Kier molecular flexibility index (Phi) is 8.01. The third kappa shape index (κ3) is 5.74. The maximum absolute atomic E-state index is 12.7. The van der Waals surface area contributed by atoms with Gasteiger partial charge in [-0.3, -0.25) is 10.2 Å². The molecule has 0 unspecified atom stereocenters. The standard InChI is InChI=1S/C26H27ClN4O4S/c1-15(2)11-22-30-31-24(28)18(25(32)29-26(31)36-22)12-17-13-19(27)23(21(14-17)33-4)35-10-9-34-20-8-6-5-7-16(20)3/h5-8,12-15,28H,9-11H2,1-4H3/b18-12-,28-24?. The van der Waals surface area contributed by atoms with Gasteiger partial charge < -0.3 is 14.2 Å². The summed E-state index contributed by atoms with van der Waals surface area (Å²) < 4.78 is 17.1. The van der Waals surface area contributed by atoms with Crippen LogP contribution in [0.2, 0.25) is 5.02 Å². The van der Waals surface area contributed by atoms with Crippen molar-refractivity contribution in [2.24, 2.45) is 16.0 Å². The number of benzene rings is 2. The molecule has 0 aliphatic carbocycles. The summed E-state index contributed by atoms with van der Waals surface area (Å²) in [6, 6.07) is 11.1. The number of hydrogen-bond acceptors (Lipinski definition) is 7. The molecule has 2 aliphatic heterocycles. The summed E-state index contributed by atoms with van der Waals surface area (Å²) in [5.41, 5.74) is 1.73. The van der Waals surface area contributed by atoms with Gasteiger partial charge in [0.05, 0.1) is 17.7 Å². The fourth-order valence-corrected chi connectivity index (χ4v) is 4.98. The van der Waals surface area contributed by atoms with Gasteiger partial charge in [0.1, 0.15) is 24.0 Å². The van der Waals surface area contributed by atoms with E-state index in [9.17, 15) is 4.79 Å². The van der Waals surface area contributed by atoms with E-state index in [1.165, 1.54) is 23.9 Å². The number of para-hydroxylation sites is 1. The van der Waals surface area contributed by atoms with Gasteiger partial charge >= 0.3 is 0 Å². The number of carbonyl (C=O) groups excluding carboxylic acids is 1. The van der Waals surface area contributed by atoms with E-state index in [2.05, 4.69) is 23.9 Å². The number of halogens is 1. The van der Waals surface area contributed by atoms with Crippen molar-refractivity contribution in [2.75, 3.05) is 20.3 Å². The van der Waals surface area contributed by atoms with Crippen molar-refractivity contribution >= 4 is 51.4 Å². The Morgan fingerprint density at radius 1 is 1.17 bits per heavy atom. The van der Waals surface area contributed by atoms with Gasteiger partial charge in [0.25, 0.3) is 5.91 Å². The van der Waals surface area contributed by atoms with Crippen LogP contribution >= 0.6 is 23.4 Å². The quantitative estimate of drug-likeness (QED) is 0.328. The third-order valence-corrected chi connectivity index (χ3v) is 6.53. The van der Waals surface area contributed by atoms with Gasteiger partial charge in [0.15, 0.2) is 17.3 Å². The summed E-state index contributed by atoms with van der Waals surface area (Å²) in [5, 5.41) is 16.0. The first-order valence-electron chi connectivity index (χ1n) is 11.4. The molecule has 0 bridgehead atoms. The highest BCUT2D eigenvalue weighted by Crippen LogP contribution is 2.38. The molecule has 0 saturated heterocycles. The number of thioether (sulfide) groups is 1. The Balaban J connectivity index is 1.49. The van der Waals surface area contributed by atoms with Gasteiger partial charge in [0, 0.05) is 6.42 Å². The summed E-state index contributed by atoms with van der Waals surface area (Å²) >= 11 is 7.83. The van der Waals surface area contributed by atoms with Crippen molar-refractivity contribution in [1.82, 2.24) is 5.01 Å². The highest BCUT2D eigenvalue weighted by Gasteiger charge is 2.35. The number of hydrogen-bond donors (Lipinski definition) is 1. The van der Waals surface area contributed by atoms with Crippen molar-refractivity contribution < 1.29 is 19.0 Å². The number of hydrazone groups is 1. The van der Waals surface area contributed by atoms with Gasteiger partial charge in [0.2, 0.25) is 5.17 Å². The van der Waals surface area contributed by atoms with E-state index in [0.29, 0.717) is 39.8 Å².